The van der Waals surface area contributed by atoms with E-state index in [1.54, 1.807) is 12.1 Å². The Balaban J connectivity index is 0.00000162. The van der Waals surface area contributed by atoms with Crippen molar-refractivity contribution in [3.05, 3.63) is 29.0 Å². The molecule has 19 heavy (non-hydrogen) atoms. The molecular weight excluding hydrogens is 309 g/mol. The van der Waals surface area contributed by atoms with Crippen LogP contribution in [0.2, 0.25) is 5.02 Å². The topological polar surface area (TPSA) is 68.0 Å². The van der Waals surface area contributed by atoms with Gasteiger partial charge in [0, 0.05) is 12.7 Å². The molecule has 0 aliphatic heterocycles. The lowest BCUT2D eigenvalue weighted by molar-refractivity contribution is 0.0892. The fourth-order valence-electron chi connectivity index (χ4n) is 1.87. The summed E-state index contributed by atoms with van der Waals surface area (Å²) in [5, 5.41) is 3.49. The van der Waals surface area contributed by atoms with E-state index in [4.69, 9.17) is 17.3 Å². The van der Waals surface area contributed by atoms with Gasteiger partial charge >= 0.3 is 0 Å². The highest BCUT2D eigenvalue weighted by molar-refractivity contribution is 6.30. The van der Waals surface area contributed by atoms with Crippen LogP contribution in [0.3, 0.4) is 0 Å². The number of nitrogens with zero attached hydrogens (tertiary/aromatic N) is 1. The Kier molecular flexibility index (Phi) is 7.08. The van der Waals surface area contributed by atoms with Crippen LogP contribution in [-0.2, 0) is 0 Å². The van der Waals surface area contributed by atoms with Gasteiger partial charge in [0.15, 0.2) is 0 Å². The normalized spacial score (nSPS) is 16.6. The molecule has 1 saturated carbocycles. The molecule has 1 atom stereocenters. The lowest BCUT2D eigenvalue weighted by Gasteiger charge is -2.29. The van der Waals surface area contributed by atoms with Gasteiger partial charge in [-0.05, 0) is 37.8 Å². The van der Waals surface area contributed by atoms with Gasteiger partial charge in [-0.15, -0.1) is 24.8 Å². The van der Waals surface area contributed by atoms with Crippen LogP contribution >= 0.6 is 36.4 Å². The average molecular weight is 327 g/mol. The smallest absolute Gasteiger partial charge is 0.270 e. The fourth-order valence-corrected chi connectivity index (χ4v) is 1.99. The van der Waals surface area contributed by atoms with Crippen LogP contribution in [-0.4, -0.2) is 23.0 Å². The Morgan fingerprint density at radius 2 is 2.16 bits per heavy atom. The van der Waals surface area contributed by atoms with E-state index >= 15 is 0 Å². The van der Waals surface area contributed by atoms with Crippen molar-refractivity contribution < 1.29 is 4.79 Å². The van der Waals surface area contributed by atoms with Crippen LogP contribution in [0.15, 0.2) is 18.3 Å². The Labute approximate surface area is 130 Å². The predicted octanol–water partition coefficient (Wildman–Crippen LogP) is 2.44. The lowest BCUT2D eigenvalue weighted by atomic mass is 9.96. The van der Waals surface area contributed by atoms with Gasteiger partial charge in [0.25, 0.3) is 5.91 Å². The Morgan fingerprint density at radius 1 is 1.53 bits per heavy atom. The zero-order valence-corrected chi connectivity index (χ0v) is 12.9. The molecule has 0 aromatic carbocycles. The van der Waals surface area contributed by atoms with Gasteiger partial charge in [0.2, 0.25) is 0 Å². The van der Waals surface area contributed by atoms with E-state index in [0.29, 0.717) is 23.2 Å². The van der Waals surface area contributed by atoms with Gasteiger partial charge in [-0.3, -0.25) is 4.79 Å². The SMILES string of the molecule is CC(CN)(NC(=O)c1ccc(Cl)cn1)C1CC1.Cl.Cl. The molecule has 1 fully saturated rings. The molecule has 0 bridgehead atoms. The van der Waals surface area contributed by atoms with Gasteiger partial charge in [-0.2, -0.15) is 0 Å². The third kappa shape index (κ3) is 4.49. The van der Waals surface area contributed by atoms with E-state index in [1.807, 2.05) is 6.92 Å². The van der Waals surface area contributed by atoms with Crippen molar-refractivity contribution >= 4 is 42.3 Å². The van der Waals surface area contributed by atoms with Crippen LogP contribution in [0.4, 0.5) is 0 Å². The van der Waals surface area contributed by atoms with Crippen molar-refractivity contribution in [3.8, 4) is 0 Å². The first-order valence-electron chi connectivity index (χ1n) is 5.69. The third-order valence-corrected chi connectivity index (χ3v) is 3.49. The molecule has 0 radical (unpaired) electrons. The van der Waals surface area contributed by atoms with E-state index in [-0.39, 0.29) is 36.3 Å². The number of pyridine rings is 1. The first-order valence-corrected chi connectivity index (χ1v) is 6.07. The zero-order chi connectivity index (χ0) is 12.5. The second-order valence-electron chi connectivity index (χ2n) is 4.71. The van der Waals surface area contributed by atoms with Crippen LogP contribution < -0.4 is 11.1 Å². The molecule has 1 amide bonds. The lowest BCUT2D eigenvalue weighted by Crippen LogP contribution is -2.53. The van der Waals surface area contributed by atoms with Gasteiger partial charge in [-0.25, -0.2) is 4.98 Å². The third-order valence-electron chi connectivity index (χ3n) is 3.26. The minimum atomic E-state index is -0.321. The highest BCUT2D eigenvalue weighted by atomic mass is 35.5. The van der Waals surface area contributed by atoms with E-state index < -0.39 is 0 Å². The largest absolute Gasteiger partial charge is 0.344 e. The molecule has 0 saturated heterocycles. The monoisotopic (exact) mass is 325 g/mol. The Morgan fingerprint density at radius 3 is 2.58 bits per heavy atom. The predicted molar refractivity (Wildman–Crippen MR) is 81.4 cm³/mol. The number of hydrogen-bond acceptors (Lipinski definition) is 3. The highest BCUT2D eigenvalue weighted by Gasteiger charge is 2.41. The van der Waals surface area contributed by atoms with E-state index in [2.05, 4.69) is 10.3 Å². The van der Waals surface area contributed by atoms with Gasteiger partial charge in [0.1, 0.15) is 5.69 Å². The molecule has 1 unspecified atom stereocenters. The standard InChI is InChI=1S/C12H16ClN3O.2ClH/c1-12(7-14,8-2-3-8)16-11(17)10-5-4-9(13)6-15-10;;/h4-6,8H,2-3,7,14H2,1H3,(H,16,17);2*1H. The molecule has 3 N–H and O–H groups in total. The number of carbonyl (C=O) groups excluding carboxylic acids is 1. The number of halogens is 3. The molecule has 1 aromatic rings. The summed E-state index contributed by atoms with van der Waals surface area (Å²) in [6, 6.07) is 3.27. The van der Waals surface area contributed by atoms with Gasteiger partial charge in [0.05, 0.1) is 10.6 Å². The van der Waals surface area contributed by atoms with Crippen LogP contribution in [0.25, 0.3) is 0 Å². The summed E-state index contributed by atoms with van der Waals surface area (Å²) >= 11 is 5.72. The average Bonchev–Trinajstić information content (AvgIpc) is 3.13. The minimum absolute atomic E-state index is 0. The highest BCUT2D eigenvalue weighted by Crippen LogP contribution is 2.39. The van der Waals surface area contributed by atoms with Crippen LogP contribution in [0.1, 0.15) is 30.3 Å². The first kappa shape index (κ1) is 18.4. The summed E-state index contributed by atoms with van der Waals surface area (Å²) in [5.74, 6) is 0.297. The molecule has 1 aliphatic rings. The van der Waals surface area contributed by atoms with Crippen LogP contribution in [0.5, 0.6) is 0 Å². The number of aromatic nitrogens is 1. The quantitative estimate of drug-likeness (QED) is 0.893. The number of hydrogen-bond donors (Lipinski definition) is 2. The summed E-state index contributed by atoms with van der Waals surface area (Å²) < 4.78 is 0. The van der Waals surface area contributed by atoms with E-state index in [1.165, 1.54) is 6.20 Å². The fraction of sp³-hybridized carbons (Fsp3) is 0.500. The number of nitrogens with one attached hydrogen (secondary N) is 1. The summed E-state index contributed by atoms with van der Waals surface area (Å²) in [5.41, 5.74) is 5.79. The van der Waals surface area contributed by atoms with Gasteiger partial charge in [-0.1, -0.05) is 11.6 Å². The number of nitrogens with two attached hydrogens (primary N) is 1. The summed E-state index contributed by atoms with van der Waals surface area (Å²) in [7, 11) is 0. The molecule has 1 aliphatic carbocycles. The molecular formula is C12H18Cl3N3O. The van der Waals surface area contributed by atoms with Crippen molar-refractivity contribution in [2.45, 2.75) is 25.3 Å². The van der Waals surface area contributed by atoms with Crippen molar-refractivity contribution in [3.63, 3.8) is 0 Å². The van der Waals surface area contributed by atoms with E-state index in [9.17, 15) is 4.79 Å². The molecule has 0 spiro atoms. The molecule has 2 rings (SSSR count). The molecule has 7 heteroatoms. The summed E-state index contributed by atoms with van der Waals surface area (Å²) in [6.45, 7) is 2.43. The summed E-state index contributed by atoms with van der Waals surface area (Å²) in [6.07, 6.45) is 3.72. The second-order valence-corrected chi connectivity index (χ2v) is 5.15. The molecule has 1 aromatic heterocycles. The Bertz CT molecular complexity index is 423. The van der Waals surface area contributed by atoms with Crippen LogP contribution in [0, 0.1) is 5.92 Å². The number of amides is 1. The maximum absolute atomic E-state index is 12.0. The minimum Gasteiger partial charge on any atom is -0.344 e. The molecule has 1 heterocycles. The number of carbonyl (C=O) groups is 1. The van der Waals surface area contributed by atoms with Crippen molar-refractivity contribution in [2.75, 3.05) is 6.54 Å². The number of rotatable bonds is 4. The van der Waals surface area contributed by atoms with Crippen molar-refractivity contribution in [2.24, 2.45) is 11.7 Å². The van der Waals surface area contributed by atoms with Crippen molar-refractivity contribution in [1.29, 1.82) is 0 Å². The van der Waals surface area contributed by atoms with E-state index in [0.717, 1.165) is 12.8 Å². The Hall–Kier alpha value is -0.550. The maximum atomic E-state index is 12.0. The zero-order valence-electron chi connectivity index (χ0n) is 10.6. The molecule has 108 valence electrons. The molecule has 4 nitrogen and oxygen atoms in total. The first-order chi connectivity index (χ1) is 8.05. The maximum Gasteiger partial charge on any atom is 0.270 e. The van der Waals surface area contributed by atoms with Crippen molar-refractivity contribution in [1.82, 2.24) is 10.3 Å². The second kappa shape index (κ2) is 7.29. The van der Waals surface area contributed by atoms with Gasteiger partial charge < -0.3 is 11.1 Å². The summed E-state index contributed by atoms with van der Waals surface area (Å²) in [4.78, 5) is 16.0.